The topological polar surface area (TPSA) is 81.3 Å². The van der Waals surface area contributed by atoms with Crippen LogP contribution in [-0.2, 0) is 4.79 Å². The summed E-state index contributed by atoms with van der Waals surface area (Å²) in [6.45, 7) is 3.01. The van der Waals surface area contributed by atoms with Crippen molar-refractivity contribution < 1.29 is 14.0 Å². The van der Waals surface area contributed by atoms with Crippen LogP contribution >= 0.6 is 11.6 Å². The smallest absolute Gasteiger partial charge is 0.408 e. The van der Waals surface area contributed by atoms with Crippen LogP contribution in [0.4, 0.5) is 5.69 Å². The fraction of sp³-hybridized carbons (Fsp3) is 0.167. The quantitative estimate of drug-likeness (QED) is 0.722. The minimum Gasteiger partial charge on any atom is -0.408 e. The van der Waals surface area contributed by atoms with Gasteiger partial charge in [0.05, 0.1) is 16.2 Å². The molecule has 0 fully saturated rings. The molecule has 2 aromatic carbocycles. The van der Waals surface area contributed by atoms with Crippen LogP contribution in [0.5, 0.6) is 0 Å². The molecule has 25 heavy (non-hydrogen) atoms. The van der Waals surface area contributed by atoms with Gasteiger partial charge in [0.1, 0.15) is 6.04 Å². The Morgan fingerprint density at radius 1 is 1.20 bits per heavy atom. The first-order valence-electron chi connectivity index (χ1n) is 7.60. The summed E-state index contributed by atoms with van der Waals surface area (Å²) in [6.07, 6.45) is 0. The molecule has 1 atom stereocenters. The van der Waals surface area contributed by atoms with Gasteiger partial charge in [0, 0.05) is 5.56 Å². The lowest BCUT2D eigenvalue weighted by Gasteiger charge is -2.14. The molecule has 128 valence electrons. The standard InChI is InChI=1S/C18H15ClN2O4/c1-10(17(23)20-14-6-4-3-5-13(14)19)21-15-8-7-12(11(2)22)9-16(15)25-18(21)24/h3-10H,1-2H3,(H,20,23). The van der Waals surface area contributed by atoms with E-state index in [4.69, 9.17) is 16.0 Å². The summed E-state index contributed by atoms with van der Waals surface area (Å²) in [5.74, 6) is -1.21. The summed E-state index contributed by atoms with van der Waals surface area (Å²) in [5, 5.41) is 3.09. The largest absolute Gasteiger partial charge is 0.420 e. The highest BCUT2D eigenvalue weighted by Crippen LogP contribution is 2.23. The average molecular weight is 359 g/mol. The minimum absolute atomic E-state index is 0.137. The van der Waals surface area contributed by atoms with E-state index in [1.807, 2.05) is 0 Å². The molecule has 1 aromatic heterocycles. The van der Waals surface area contributed by atoms with Crippen LogP contribution in [0.1, 0.15) is 30.2 Å². The first-order valence-corrected chi connectivity index (χ1v) is 7.97. The number of amides is 1. The molecule has 0 bridgehead atoms. The van der Waals surface area contributed by atoms with Gasteiger partial charge in [-0.25, -0.2) is 4.79 Å². The molecule has 0 aliphatic heterocycles. The maximum Gasteiger partial charge on any atom is 0.420 e. The third kappa shape index (κ3) is 3.21. The van der Waals surface area contributed by atoms with Crippen molar-refractivity contribution in [2.24, 2.45) is 0 Å². The molecule has 0 aliphatic rings. The van der Waals surface area contributed by atoms with Gasteiger partial charge in [0.2, 0.25) is 5.91 Å². The Labute approximate surface area is 148 Å². The number of ketones is 1. The van der Waals surface area contributed by atoms with E-state index < -0.39 is 17.7 Å². The summed E-state index contributed by atoms with van der Waals surface area (Å²) in [6, 6.07) is 10.7. The van der Waals surface area contributed by atoms with Crippen LogP contribution in [0.25, 0.3) is 11.1 Å². The van der Waals surface area contributed by atoms with Crippen molar-refractivity contribution in [3.63, 3.8) is 0 Å². The Morgan fingerprint density at radius 2 is 1.92 bits per heavy atom. The second kappa shape index (κ2) is 6.57. The number of anilines is 1. The lowest BCUT2D eigenvalue weighted by molar-refractivity contribution is -0.118. The summed E-state index contributed by atoms with van der Waals surface area (Å²) >= 11 is 6.04. The van der Waals surface area contributed by atoms with Crippen molar-refractivity contribution in [2.45, 2.75) is 19.9 Å². The maximum absolute atomic E-state index is 12.5. The number of hydrogen-bond donors (Lipinski definition) is 1. The second-order valence-electron chi connectivity index (χ2n) is 5.62. The van der Waals surface area contributed by atoms with Crippen molar-refractivity contribution in [1.82, 2.24) is 4.57 Å². The highest BCUT2D eigenvalue weighted by molar-refractivity contribution is 6.33. The number of nitrogens with zero attached hydrogens (tertiary/aromatic N) is 1. The number of oxazole rings is 1. The number of para-hydroxylation sites is 1. The number of hydrogen-bond acceptors (Lipinski definition) is 4. The predicted molar refractivity (Wildman–Crippen MR) is 95.3 cm³/mol. The van der Waals surface area contributed by atoms with Gasteiger partial charge >= 0.3 is 5.76 Å². The van der Waals surface area contributed by atoms with Crippen molar-refractivity contribution in [1.29, 1.82) is 0 Å². The number of carbonyl (C=O) groups excluding carboxylic acids is 2. The zero-order valence-corrected chi connectivity index (χ0v) is 14.3. The van der Waals surface area contributed by atoms with Crippen molar-refractivity contribution in [3.8, 4) is 0 Å². The predicted octanol–water partition coefficient (Wildman–Crippen LogP) is 3.65. The van der Waals surface area contributed by atoms with E-state index in [1.165, 1.54) is 17.6 Å². The average Bonchev–Trinajstić information content (AvgIpc) is 2.90. The lowest BCUT2D eigenvalue weighted by atomic mass is 10.1. The molecule has 3 rings (SSSR count). The van der Waals surface area contributed by atoms with E-state index in [0.717, 1.165) is 0 Å². The molecule has 6 nitrogen and oxygen atoms in total. The van der Waals surface area contributed by atoms with E-state index in [1.54, 1.807) is 43.3 Å². The fourth-order valence-electron chi connectivity index (χ4n) is 2.54. The third-order valence-corrected chi connectivity index (χ3v) is 4.25. The Morgan fingerprint density at radius 3 is 2.60 bits per heavy atom. The lowest BCUT2D eigenvalue weighted by Crippen LogP contribution is -2.29. The SMILES string of the molecule is CC(=O)c1ccc2c(c1)oc(=O)n2C(C)C(=O)Nc1ccccc1Cl. The summed E-state index contributed by atoms with van der Waals surface area (Å²) < 4.78 is 6.43. The van der Waals surface area contributed by atoms with Gasteiger partial charge in [-0.2, -0.15) is 0 Å². The Bertz CT molecular complexity index is 1030. The zero-order chi connectivity index (χ0) is 18.1. The van der Waals surface area contributed by atoms with Gasteiger partial charge in [0.25, 0.3) is 0 Å². The molecule has 0 spiro atoms. The van der Waals surface area contributed by atoms with E-state index >= 15 is 0 Å². The normalized spacial score (nSPS) is 12.1. The summed E-state index contributed by atoms with van der Waals surface area (Å²) in [7, 11) is 0. The van der Waals surface area contributed by atoms with Crippen LogP contribution in [0.2, 0.25) is 5.02 Å². The number of carbonyl (C=O) groups is 2. The molecule has 1 N–H and O–H groups in total. The molecular weight excluding hydrogens is 344 g/mol. The number of rotatable bonds is 4. The molecule has 1 heterocycles. The monoisotopic (exact) mass is 358 g/mol. The van der Waals surface area contributed by atoms with Crippen molar-refractivity contribution in [2.75, 3.05) is 5.32 Å². The highest BCUT2D eigenvalue weighted by atomic mass is 35.5. The van der Waals surface area contributed by atoms with E-state index in [2.05, 4.69) is 5.32 Å². The first-order chi connectivity index (χ1) is 11.9. The minimum atomic E-state index is -0.826. The first kappa shape index (κ1) is 17.0. The van der Waals surface area contributed by atoms with Crippen molar-refractivity contribution in [3.05, 3.63) is 63.6 Å². The summed E-state index contributed by atoms with van der Waals surface area (Å²) in [4.78, 5) is 36.2. The van der Waals surface area contributed by atoms with Gasteiger partial charge < -0.3 is 9.73 Å². The van der Waals surface area contributed by atoms with Gasteiger partial charge in [-0.05, 0) is 44.2 Å². The molecular formula is C18H15ClN2O4. The molecule has 0 saturated carbocycles. The van der Waals surface area contributed by atoms with Crippen LogP contribution in [-0.4, -0.2) is 16.3 Å². The number of Topliss-reactive ketones (excluding diaryl/α,β-unsaturated/α-hetero) is 1. The van der Waals surface area contributed by atoms with E-state index in [0.29, 0.717) is 21.8 Å². The number of halogens is 1. The molecule has 7 heteroatoms. The summed E-state index contributed by atoms with van der Waals surface area (Å²) in [5.41, 5.74) is 1.59. The molecule has 1 unspecified atom stereocenters. The van der Waals surface area contributed by atoms with E-state index in [9.17, 15) is 14.4 Å². The molecule has 0 radical (unpaired) electrons. The van der Waals surface area contributed by atoms with Crippen LogP contribution in [0.3, 0.4) is 0 Å². The molecule has 3 aromatic rings. The van der Waals surface area contributed by atoms with Gasteiger partial charge in [-0.3, -0.25) is 14.2 Å². The fourth-order valence-corrected chi connectivity index (χ4v) is 2.72. The second-order valence-corrected chi connectivity index (χ2v) is 6.03. The Balaban J connectivity index is 1.96. The Hall–Kier alpha value is -2.86. The van der Waals surface area contributed by atoms with Crippen LogP contribution in [0.15, 0.2) is 51.7 Å². The molecule has 0 aliphatic carbocycles. The van der Waals surface area contributed by atoms with Crippen LogP contribution < -0.4 is 11.1 Å². The van der Waals surface area contributed by atoms with E-state index in [-0.39, 0.29) is 11.4 Å². The van der Waals surface area contributed by atoms with Crippen LogP contribution in [0, 0.1) is 0 Å². The highest BCUT2D eigenvalue weighted by Gasteiger charge is 2.22. The maximum atomic E-state index is 12.5. The van der Waals surface area contributed by atoms with Gasteiger partial charge in [-0.15, -0.1) is 0 Å². The number of fused-ring (bicyclic) bond motifs is 1. The number of benzene rings is 2. The van der Waals surface area contributed by atoms with Crippen molar-refractivity contribution >= 4 is 40.1 Å². The van der Waals surface area contributed by atoms with Gasteiger partial charge in [-0.1, -0.05) is 23.7 Å². The zero-order valence-electron chi connectivity index (χ0n) is 13.6. The number of nitrogens with one attached hydrogen (secondary N) is 1. The van der Waals surface area contributed by atoms with Gasteiger partial charge in [0.15, 0.2) is 11.4 Å². The molecule has 1 amide bonds. The molecule has 0 saturated heterocycles. The Kier molecular flexibility index (Phi) is 4.46. The number of aromatic nitrogens is 1. The third-order valence-electron chi connectivity index (χ3n) is 3.92.